The maximum atomic E-state index is 12.8. The molecule has 0 saturated heterocycles. The molecule has 3 aromatic rings. The highest BCUT2D eigenvalue weighted by molar-refractivity contribution is 9.10. The zero-order chi connectivity index (χ0) is 26.9. The average molecular weight is 587 g/mol. The second kappa shape index (κ2) is 13.3. The molecular formula is C28H29BrClN3O4. The smallest absolute Gasteiger partial charge is 0.262 e. The van der Waals surface area contributed by atoms with Gasteiger partial charge in [0.1, 0.15) is 12.6 Å². The molecule has 0 aliphatic rings. The van der Waals surface area contributed by atoms with E-state index in [1.807, 2.05) is 51.1 Å². The van der Waals surface area contributed by atoms with Crippen molar-refractivity contribution in [3.63, 3.8) is 0 Å². The number of carbonyl (C=O) groups is 2. The number of rotatable bonds is 10. The number of aryl methyl sites for hydroxylation is 1. The summed E-state index contributed by atoms with van der Waals surface area (Å²) >= 11 is 9.50. The Morgan fingerprint density at radius 3 is 2.49 bits per heavy atom. The molecule has 1 atom stereocenters. The molecule has 194 valence electrons. The van der Waals surface area contributed by atoms with E-state index in [9.17, 15) is 9.59 Å². The predicted molar refractivity (Wildman–Crippen MR) is 149 cm³/mol. The Balaban J connectivity index is 1.65. The third-order valence-electron chi connectivity index (χ3n) is 5.47. The largest absolute Gasteiger partial charge is 0.493 e. The number of amides is 2. The topological polar surface area (TPSA) is 89.0 Å². The number of hydrogen-bond donors (Lipinski definition) is 2. The van der Waals surface area contributed by atoms with Crippen molar-refractivity contribution >= 4 is 45.6 Å². The summed E-state index contributed by atoms with van der Waals surface area (Å²) in [4.78, 5) is 25.4. The van der Waals surface area contributed by atoms with Crippen LogP contribution in [-0.2, 0) is 11.4 Å². The molecule has 2 amide bonds. The Bertz CT molecular complexity index is 1280. The summed E-state index contributed by atoms with van der Waals surface area (Å²) in [6, 6.07) is 17.4. The molecule has 0 aliphatic carbocycles. The van der Waals surface area contributed by atoms with Gasteiger partial charge in [-0.3, -0.25) is 9.59 Å². The number of methoxy groups -OCH3 is 1. The predicted octanol–water partition coefficient (Wildman–Crippen LogP) is 5.90. The Morgan fingerprint density at radius 2 is 1.84 bits per heavy atom. The van der Waals surface area contributed by atoms with Gasteiger partial charge >= 0.3 is 0 Å². The van der Waals surface area contributed by atoms with Gasteiger partial charge in [-0.2, -0.15) is 5.10 Å². The summed E-state index contributed by atoms with van der Waals surface area (Å²) in [6.45, 7) is 6.09. The number of benzene rings is 3. The van der Waals surface area contributed by atoms with Crippen molar-refractivity contribution < 1.29 is 19.1 Å². The molecule has 3 rings (SSSR count). The summed E-state index contributed by atoms with van der Waals surface area (Å²) in [7, 11) is 1.55. The maximum Gasteiger partial charge on any atom is 0.262 e. The fourth-order valence-corrected chi connectivity index (χ4v) is 4.19. The lowest BCUT2D eigenvalue weighted by molar-refractivity contribution is -0.123. The van der Waals surface area contributed by atoms with Crippen LogP contribution in [0.5, 0.6) is 11.5 Å². The minimum absolute atomic E-state index is 0.169. The molecule has 7 nitrogen and oxygen atoms in total. The number of hydrogen-bond acceptors (Lipinski definition) is 5. The number of hydrazone groups is 1. The minimum Gasteiger partial charge on any atom is -0.493 e. The molecule has 2 N–H and O–H groups in total. The van der Waals surface area contributed by atoms with Gasteiger partial charge in [0, 0.05) is 10.6 Å². The molecule has 0 saturated carbocycles. The van der Waals surface area contributed by atoms with Gasteiger partial charge in [-0.25, -0.2) is 5.43 Å². The highest BCUT2D eigenvalue weighted by atomic mass is 79.9. The van der Waals surface area contributed by atoms with Crippen molar-refractivity contribution in [1.82, 2.24) is 10.7 Å². The second-order valence-corrected chi connectivity index (χ2v) is 10.0. The third kappa shape index (κ3) is 8.06. The fourth-order valence-electron chi connectivity index (χ4n) is 3.42. The van der Waals surface area contributed by atoms with Crippen LogP contribution < -0.4 is 20.2 Å². The van der Waals surface area contributed by atoms with Gasteiger partial charge in [-0.05, 0) is 70.2 Å². The minimum atomic E-state index is -0.789. The quantitative estimate of drug-likeness (QED) is 0.229. The summed E-state index contributed by atoms with van der Waals surface area (Å²) in [5, 5.41) is 7.26. The van der Waals surface area contributed by atoms with Gasteiger partial charge in [-0.1, -0.05) is 61.3 Å². The van der Waals surface area contributed by atoms with Gasteiger partial charge in [0.05, 0.1) is 17.8 Å². The number of nitrogens with one attached hydrogen (secondary N) is 2. The van der Waals surface area contributed by atoms with Crippen LogP contribution in [0.2, 0.25) is 5.02 Å². The van der Waals surface area contributed by atoms with Crippen LogP contribution >= 0.6 is 27.5 Å². The van der Waals surface area contributed by atoms with Gasteiger partial charge in [0.25, 0.3) is 11.8 Å². The molecule has 0 radical (unpaired) electrons. The molecule has 9 heteroatoms. The third-order valence-corrected chi connectivity index (χ3v) is 6.29. The SMILES string of the molecule is COc1cc(/C=N\NC(=O)C(NC(=O)c2cccc(Cl)c2)C(C)C)cc(Br)c1OCc1ccc(C)cc1. The Hall–Kier alpha value is -3.36. The Morgan fingerprint density at radius 1 is 1.11 bits per heavy atom. The van der Waals surface area contributed by atoms with Crippen molar-refractivity contribution in [1.29, 1.82) is 0 Å². The van der Waals surface area contributed by atoms with Crippen molar-refractivity contribution in [2.75, 3.05) is 7.11 Å². The summed E-state index contributed by atoms with van der Waals surface area (Å²) in [5.74, 6) is 0.0782. The summed E-state index contributed by atoms with van der Waals surface area (Å²) in [6.07, 6.45) is 1.49. The maximum absolute atomic E-state index is 12.8. The zero-order valence-corrected chi connectivity index (χ0v) is 23.4. The van der Waals surface area contributed by atoms with Crippen LogP contribution in [0.15, 0.2) is 70.2 Å². The van der Waals surface area contributed by atoms with E-state index in [0.29, 0.717) is 38.7 Å². The van der Waals surface area contributed by atoms with E-state index in [0.717, 1.165) is 5.56 Å². The standard InChI is InChI=1S/C28H29BrClN3O4/c1-17(2)25(32-27(34)21-6-5-7-22(30)14-21)28(35)33-31-15-20-12-23(29)26(24(13-20)36-4)37-16-19-10-8-18(3)9-11-19/h5-15,17,25H,16H2,1-4H3,(H,32,34)(H,33,35)/b31-15-. The van der Waals surface area contributed by atoms with E-state index in [1.165, 1.54) is 11.8 Å². The Kier molecular flexibility index (Phi) is 10.1. The van der Waals surface area contributed by atoms with Crippen molar-refractivity contribution in [3.8, 4) is 11.5 Å². The number of ether oxygens (including phenoxy) is 2. The first-order chi connectivity index (χ1) is 17.7. The van der Waals surface area contributed by atoms with Crippen LogP contribution in [0.1, 0.15) is 40.9 Å². The van der Waals surface area contributed by atoms with Crippen molar-refractivity contribution in [2.45, 2.75) is 33.4 Å². The van der Waals surface area contributed by atoms with Crippen LogP contribution in [0, 0.1) is 12.8 Å². The summed E-state index contributed by atoms with van der Waals surface area (Å²) < 4.78 is 12.2. The molecule has 37 heavy (non-hydrogen) atoms. The van der Waals surface area contributed by atoms with Crippen LogP contribution in [-0.4, -0.2) is 31.2 Å². The molecule has 0 aromatic heterocycles. The second-order valence-electron chi connectivity index (χ2n) is 8.75. The van der Waals surface area contributed by atoms with Crippen LogP contribution in [0.25, 0.3) is 0 Å². The molecule has 3 aromatic carbocycles. The molecule has 0 fully saturated rings. The first-order valence-electron chi connectivity index (χ1n) is 11.6. The number of carbonyl (C=O) groups excluding carboxylic acids is 2. The highest BCUT2D eigenvalue weighted by Gasteiger charge is 2.24. The molecule has 0 bridgehead atoms. The zero-order valence-electron chi connectivity index (χ0n) is 21.0. The Labute approximate surface area is 230 Å². The lowest BCUT2D eigenvalue weighted by atomic mass is 10.0. The van der Waals surface area contributed by atoms with E-state index in [4.69, 9.17) is 21.1 Å². The van der Waals surface area contributed by atoms with Gasteiger partial charge < -0.3 is 14.8 Å². The van der Waals surface area contributed by atoms with E-state index >= 15 is 0 Å². The first-order valence-corrected chi connectivity index (χ1v) is 12.8. The van der Waals surface area contributed by atoms with Crippen molar-refractivity contribution in [3.05, 3.63) is 92.4 Å². The first kappa shape index (κ1) is 28.2. The normalized spacial score (nSPS) is 11.9. The molecule has 0 heterocycles. The van der Waals surface area contributed by atoms with E-state index in [-0.39, 0.29) is 5.92 Å². The van der Waals surface area contributed by atoms with E-state index in [1.54, 1.807) is 37.4 Å². The van der Waals surface area contributed by atoms with E-state index < -0.39 is 17.9 Å². The monoisotopic (exact) mass is 585 g/mol. The van der Waals surface area contributed by atoms with Gasteiger partial charge in [-0.15, -0.1) is 0 Å². The molecule has 1 unspecified atom stereocenters. The number of halogens is 2. The van der Waals surface area contributed by atoms with Crippen LogP contribution in [0.3, 0.4) is 0 Å². The summed E-state index contributed by atoms with van der Waals surface area (Å²) in [5.41, 5.74) is 5.77. The lowest BCUT2D eigenvalue weighted by Gasteiger charge is -2.20. The van der Waals surface area contributed by atoms with Crippen LogP contribution in [0.4, 0.5) is 0 Å². The van der Waals surface area contributed by atoms with Gasteiger partial charge in [0.15, 0.2) is 11.5 Å². The number of nitrogens with zero attached hydrogens (tertiary/aromatic N) is 1. The van der Waals surface area contributed by atoms with Crippen molar-refractivity contribution in [2.24, 2.45) is 11.0 Å². The molecular weight excluding hydrogens is 558 g/mol. The van der Waals surface area contributed by atoms with Gasteiger partial charge in [0.2, 0.25) is 0 Å². The fraction of sp³-hybridized carbons (Fsp3) is 0.250. The average Bonchev–Trinajstić information content (AvgIpc) is 2.86. The molecule has 0 spiro atoms. The lowest BCUT2D eigenvalue weighted by Crippen LogP contribution is -2.48. The highest BCUT2D eigenvalue weighted by Crippen LogP contribution is 2.36. The molecule has 0 aliphatic heterocycles. The van der Waals surface area contributed by atoms with E-state index in [2.05, 4.69) is 31.8 Å².